The second-order valence-corrected chi connectivity index (χ2v) is 7.59. The summed E-state index contributed by atoms with van der Waals surface area (Å²) in [5.41, 5.74) is 3.66. The molecular weight excluding hydrogens is 354 g/mol. The van der Waals surface area contributed by atoms with Crippen LogP contribution in [0, 0.1) is 6.92 Å². The van der Waals surface area contributed by atoms with E-state index in [1.54, 1.807) is 0 Å². The number of aryl methyl sites for hydroxylation is 1. The number of rotatable bonds is 7. The number of ether oxygens (including phenoxy) is 1. The van der Waals surface area contributed by atoms with Gasteiger partial charge in [0.2, 0.25) is 0 Å². The van der Waals surface area contributed by atoms with Crippen molar-refractivity contribution in [1.82, 2.24) is 10.2 Å². The molecule has 2 aliphatic rings. The smallest absolute Gasteiger partial charge is 0.287 e. The number of para-hydroxylation sites is 1. The van der Waals surface area contributed by atoms with Gasteiger partial charge in [-0.2, -0.15) is 0 Å². The number of nitrogens with one attached hydrogen (secondary N) is 1. The molecule has 1 aromatic heterocycles. The number of fused-ring (bicyclic) bond motifs is 1. The predicted octanol–water partition coefficient (Wildman–Crippen LogP) is 2.60. The summed E-state index contributed by atoms with van der Waals surface area (Å²) in [7, 11) is 0. The van der Waals surface area contributed by atoms with E-state index in [1.807, 2.05) is 13.0 Å². The van der Waals surface area contributed by atoms with Gasteiger partial charge in [0.25, 0.3) is 5.91 Å². The molecule has 2 aliphatic heterocycles. The molecule has 0 spiro atoms. The summed E-state index contributed by atoms with van der Waals surface area (Å²) in [6.07, 6.45) is 2.03. The van der Waals surface area contributed by atoms with Gasteiger partial charge < -0.3 is 19.4 Å². The Labute approximate surface area is 166 Å². The standard InChI is InChI=1S/C22H29N3O3/c1-17-15-19(16-24-11-13-27-14-12-24)28-21(17)22(26)23-8-4-9-25-10-7-18-5-2-3-6-20(18)25/h2-3,5-6,15H,4,7-14,16H2,1H3,(H,23,26). The van der Waals surface area contributed by atoms with Crippen molar-refractivity contribution in [3.8, 4) is 0 Å². The van der Waals surface area contributed by atoms with Gasteiger partial charge in [-0.05, 0) is 37.5 Å². The summed E-state index contributed by atoms with van der Waals surface area (Å²) in [6, 6.07) is 10.6. The van der Waals surface area contributed by atoms with Crippen LogP contribution >= 0.6 is 0 Å². The maximum atomic E-state index is 12.5. The minimum atomic E-state index is -0.118. The number of carbonyl (C=O) groups excluding carboxylic acids is 1. The fraction of sp³-hybridized carbons (Fsp3) is 0.500. The van der Waals surface area contributed by atoms with Crippen molar-refractivity contribution < 1.29 is 13.9 Å². The zero-order valence-corrected chi connectivity index (χ0v) is 16.6. The summed E-state index contributed by atoms with van der Waals surface area (Å²) in [5.74, 6) is 1.17. The van der Waals surface area contributed by atoms with Gasteiger partial charge in [-0.25, -0.2) is 0 Å². The molecule has 0 radical (unpaired) electrons. The number of hydrogen-bond acceptors (Lipinski definition) is 5. The van der Waals surface area contributed by atoms with Crippen molar-refractivity contribution in [3.05, 3.63) is 53.0 Å². The zero-order chi connectivity index (χ0) is 19.3. The molecule has 2 aromatic rings. The lowest BCUT2D eigenvalue weighted by Crippen LogP contribution is -2.35. The lowest BCUT2D eigenvalue weighted by atomic mass is 10.2. The van der Waals surface area contributed by atoms with Crippen LogP contribution in [0.4, 0.5) is 5.69 Å². The minimum Gasteiger partial charge on any atom is -0.454 e. The molecule has 1 amide bonds. The zero-order valence-electron chi connectivity index (χ0n) is 16.6. The van der Waals surface area contributed by atoms with E-state index in [-0.39, 0.29) is 5.91 Å². The van der Waals surface area contributed by atoms with Crippen LogP contribution in [0.2, 0.25) is 0 Å². The van der Waals surface area contributed by atoms with E-state index in [1.165, 1.54) is 11.3 Å². The molecule has 0 unspecified atom stereocenters. The van der Waals surface area contributed by atoms with E-state index in [9.17, 15) is 4.79 Å². The molecule has 1 saturated heterocycles. The Kier molecular flexibility index (Phi) is 5.98. The monoisotopic (exact) mass is 383 g/mol. The van der Waals surface area contributed by atoms with Gasteiger partial charge in [-0.1, -0.05) is 18.2 Å². The second-order valence-electron chi connectivity index (χ2n) is 7.59. The molecule has 0 aliphatic carbocycles. The highest BCUT2D eigenvalue weighted by molar-refractivity contribution is 5.92. The largest absolute Gasteiger partial charge is 0.454 e. The first-order valence-corrected chi connectivity index (χ1v) is 10.2. The third-order valence-corrected chi connectivity index (χ3v) is 5.53. The Balaban J connectivity index is 1.24. The van der Waals surface area contributed by atoms with Crippen LogP contribution in [-0.2, 0) is 17.7 Å². The van der Waals surface area contributed by atoms with Crippen molar-refractivity contribution >= 4 is 11.6 Å². The number of anilines is 1. The maximum Gasteiger partial charge on any atom is 0.287 e. The Morgan fingerprint density at radius 1 is 1.18 bits per heavy atom. The first-order valence-electron chi connectivity index (χ1n) is 10.2. The molecule has 6 heteroatoms. The van der Waals surface area contributed by atoms with Crippen LogP contribution in [0.5, 0.6) is 0 Å². The minimum absolute atomic E-state index is 0.118. The predicted molar refractivity (Wildman–Crippen MR) is 109 cm³/mol. The van der Waals surface area contributed by atoms with Gasteiger partial charge in [0, 0.05) is 44.0 Å². The highest BCUT2D eigenvalue weighted by Gasteiger charge is 2.20. The molecule has 1 aromatic carbocycles. The van der Waals surface area contributed by atoms with Crippen LogP contribution in [0.15, 0.2) is 34.7 Å². The molecule has 6 nitrogen and oxygen atoms in total. The van der Waals surface area contributed by atoms with Gasteiger partial charge in [0.15, 0.2) is 5.76 Å². The van der Waals surface area contributed by atoms with E-state index in [4.69, 9.17) is 9.15 Å². The lowest BCUT2D eigenvalue weighted by molar-refractivity contribution is 0.0311. The summed E-state index contributed by atoms with van der Waals surface area (Å²) in [5, 5.41) is 3.01. The molecule has 4 rings (SSSR count). The SMILES string of the molecule is Cc1cc(CN2CCOCC2)oc1C(=O)NCCCN1CCc2ccccc21. The molecule has 28 heavy (non-hydrogen) atoms. The number of amides is 1. The number of benzene rings is 1. The van der Waals surface area contributed by atoms with Crippen molar-refractivity contribution in [3.63, 3.8) is 0 Å². The molecule has 3 heterocycles. The van der Waals surface area contributed by atoms with E-state index < -0.39 is 0 Å². The molecule has 0 atom stereocenters. The second kappa shape index (κ2) is 8.80. The molecular formula is C22H29N3O3. The summed E-state index contributed by atoms with van der Waals surface area (Å²) >= 11 is 0. The first-order chi connectivity index (χ1) is 13.7. The number of carbonyl (C=O) groups is 1. The van der Waals surface area contributed by atoms with Crippen molar-refractivity contribution in [2.75, 3.05) is 50.8 Å². The van der Waals surface area contributed by atoms with E-state index in [0.29, 0.717) is 12.3 Å². The van der Waals surface area contributed by atoms with Crippen LogP contribution in [-0.4, -0.2) is 56.7 Å². The fourth-order valence-corrected chi connectivity index (χ4v) is 4.02. The number of hydrogen-bond donors (Lipinski definition) is 1. The highest BCUT2D eigenvalue weighted by Crippen LogP contribution is 2.27. The van der Waals surface area contributed by atoms with E-state index in [0.717, 1.165) is 70.1 Å². The lowest BCUT2D eigenvalue weighted by Gasteiger charge is -2.25. The van der Waals surface area contributed by atoms with Crippen LogP contribution in [0.3, 0.4) is 0 Å². The molecule has 1 fully saturated rings. The number of furan rings is 1. The number of morpholine rings is 1. The average molecular weight is 383 g/mol. The molecule has 0 saturated carbocycles. The maximum absolute atomic E-state index is 12.5. The van der Waals surface area contributed by atoms with Crippen molar-refractivity contribution in [2.24, 2.45) is 0 Å². The molecule has 150 valence electrons. The summed E-state index contributed by atoms with van der Waals surface area (Å²) < 4.78 is 11.2. The Morgan fingerprint density at radius 3 is 2.86 bits per heavy atom. The van der Waals surface area contributed by atoms with Gasteiger partial charge >= 0.3 is 0 Å². The normalized spacial score (nSPS) is 17.0. The first kappa shape index (κ1) is 19.0. The summed E-state index contributed by atoms with van der Waals surface area (Å²) in [6.45, 7) is 8.65. The topological polar surface area (TPSA) is 58.0 Å². The third-order valence-electron chi connectivity index (χ3n) is 5.53. The number of nitrogens with zero attached hydrogens (tertiary/aromatic N) is 2. The third kappa shape index (κ3) is 4.39. The van der Waals surface area contributed by atoms with Gasteiger partial charge in [0.1, 0.15) is 5.76 Å². The fourth-order valence-electron chi connectivity index (χ4n) is 4.02. The molecule has 0 bridgehead atoms. The van der Waals surface area contributed by atoms with Gasteiger partial charge in [0.05, 0.1) is 19.8 Å². The Hall–Kier alpha value is -2.31. The van der Waals surface area contributed by atoms with E-state index >= 15 is 0 Å². The average Bonchev–Trinajstić information content (AvgIpc) is 3.29. The highest BCUT2D eigenvalue weighted by atomic mass is 16.5. The van der Waals surface area contributed by atoms with Crippen LogP contribution < -0.4 is 10.2 Å². The van der Waals surface area contributed by atoms with Gasteiger partial charge in [-0.3, -0.25) is 9.69 Å². The summed E-state index contributed by atoms with van der Waals surface area (Å²) in [4.78, 5) is 17.2. The van der Waals surface area contributed by atoms with E-state index in [2.05, 4.69) is 39.4 Å². The van der Waals surface area contributed by atoms with Crippen LogP contribution in [0.1, 0.15) is 33.9 Å². The Bertz CT molecular complexity index is 811. The van der Waals surface area contributed by atoms with Crippen LogP contribution in [0.25, 0.3) is 0 Å². The van der Waals surface area contributed by atoms with Gasteiger partial charge in [-0.15, -0.1) is 0 Å². The quantitative estimate of drug-likeness (QED) is 0.745. The van der Waals surface area contributed by atoms with Crippen molar-refractivity contribution in [1.29, 1.82) is 0 Å². The Morgan fingerprint density at radius 2 is 2.00 bits per heavy atom. The molecule has 1 N–H and O–H groups in total. The van der Waals surface area contributed by atoms with Crippen molar-refractivity contribution in [2.45, 2.75) is 26.3 Å².